The van der Waals surface area contributed by atoms with E-state index in [1.54, 1.807) is 38.1 Å². The molecule has 7 heteroatoms. The van der Waals surface area contributed by atoms with Crippen molar-refractivity contribution in [1.82, 2.24) is 4.90 Å². The minimum atomic E-state index is -1.49. The molecule has 2 heterocycles. The monoisotopic (exact) mass is 322 g/mol. The Kier molecular flexibility index (Phi) is 3.28. The first-order valence-corrected chi connectivity index (χ1v) is 7.84. The van der Waals surface area contributed by atoms with E-state index in [1.807, 2.05) is 6.07 Å². The molecule has 1 aromatic rings. The summed E-state index contributed by atoms with van der Waals surface area (Å²) in [5, 5.41) is 19.4. The number of benzene rings is 1. The SMILES string of the molecule is CC1(C)S[C@H]2N(C(=O)[C@]2(N)[C@@H](O)c2ccccc2)[C@H]1C(=O)O. The number of carboxylic acids is 1. The van der Waals surface area contributed by atoms with Crippen molar-refractivity contribution < 1.29 is 19.8 Å². The van der Waals surface area contributed by atoms with Gasteiger partial charge in [0.15, 0.2) is 5.54 Å². The van der Waals surface area contributed by atoms with Crippen LogP contribution in [0.4, 0.5) is 0 Å². The van der Waals surface area contributed by atoms with E-state index in [-0.39, 0.29) is 0 Å². The molecule has 6 nitrogen and oxygen atoms in total. The number of fused-ring (bicyclic) bond motifs is 1. The zero-order valence-corrected chi connectivity index (χ0v) is 13.1. The number of rotatable bonds is 3. The summed E-state index contributed by atoms with van der Waals surface area (Å²) in [6.07, 6.45) is -1.17. The number of β-lactam (4-membered cyclic amide) rings is 1. The normalized spacial score (nSPS) is 34.0. The minimum Gasteiger partial charge on any atom is -0.480 e. The molecule has 0 unspecified atom stereocenters. The highest BCUT2D eigenvalue weighted by Gasteiger charge is 2.72. The molecule has 118 valence electrons. The van der Waals surface area contributed by atoms with E-state index in [9.17, 15) is 19.8 Å². The molecule has 2 fully saturated rings. The van der Waals surface area contributed by atoms with Gasteiger partial charge in [0.05, 0.1) is 0 Å². The van der Waals surface area contributed by atoms with Crippen molar-refractivity contribution in [2.24, 2.45) is 5.73 Å². The van der Waals surface area contributed by atoms with Gasteiger partial charge < -0.3 is 20.8 Å². The first kappa shape index (κ1) is 15.3. The largest absolute Gasteiger partial charge is 0.480 e. The van der Waals surface area contributed by atoms with E-state index in [1.165, 1.54) is 16.7 Å². The number of nitrogens with two attached hydrogens (primary N) is 1. The second-order valence-corrected chi connectivity index (χ2v) is 8.01. The van der Waals surface area contributed by atoms with Gasteiger partial charge in [-0.3, -0.25) is 4.79 Å². The average Bonchev–Trinajstić information content (AvgIpc) is 2.76. The first-order chi connectivity index (χ1) is 10.2. The van der Waals surface area contributed by atoms with Gasteiger partial charge >= 0.3 is 5.97 Å². The van der Waals surface area contributed by atoms with Crippen LogP contribution in [0.15, 0.2) is 30.3 Å². The fourth-order valence-electron chi connectivity index (χ4n) is 3.27. The summed E-state index contributed by atoms with van der Waals surface area (Å²) in [5.74, 6) is -1.57. The van der Waals surface area contributed by atoms with Gasteiger partial charge in [0.2, 0.25) is 0 Å². The zero-order chi connectivity index (χ0) is 16.3. The van der Waals surface area contributed by atoms with Crippen molar-refractivity contribution >= 4 is 23.6 Å². The van der Waals surface area contributed by atoms with Gasteiger partial charge in [-0.25, -0.2) is 4.79 Å². The van der Waals surface area contributed by atoms with E-state index in [4.69, 9.17) is 5.73 Å². The van der Waals surface area contributed by atoms with E-state index >= 15 is 0 Å². The van der Waals surface area contributed by atoms with Crippen LogP contribution in [0.1, 0.15) is 25.5 Å². The fraction of sp³-hybridized carbons (Fsp3) is 0.467. The van der Waals surface area contributed by atoms with Crippen molar-refractivity contribution in [3.8, 4) is 0 Å². The molecule has 1 amide bonds. The molecule has 0 aromatic heterocycles. The van der Waals surface area contributed by atoms with Crippen molar-refractivity contribution in [2.45, 2.75) is 41.7 Å². The molecule has 2 aliphatic heterocycles. The van der Waals surface area contributed by atoms with Gasteiger partial charge in [-0.05, 0) is 19.4 Å². The van der Waals surface area contributed by atoms with Crippen molar-refractivity contribution in [3.63, 3.8) is 0 Å². The third-order valence-electron chi connectivity index (χ3n) is 4.42. The smallest absolute Gasteiger partial charge is 0.327 e. The van der Waals surface area contributed by atoms with Crippen molar-refractivity contribution in [2.75, 3.05) is 0 Å². The van der Waals surface area contributed by atoms with Crippen LogP contribution < -0.4 is 5.73 Å². The number of carbonyl (C=O) groups excluding carboxylic acids is 1. The van der Waals surface area contributed by atoms with Crippen LogP contribution in [-0.2, 0) is 9.59 Å². The second-order valence-electron chi connectivity index (χ2n) is 6.27. The summed E-state index contributed by atoms with van der Waals surface area (Å²) in [4.78, 5) is 25.3. The van der Waals surface area contributed by atoms with Gasteiger partial charge in [0.25, 0.3) is 5.91 Å². The standard InChI is InChI=1S/C15H18N2O4S/c1-14(2)9(11(19)20)17-12(21)15(16,13(17)22-14)10(18)8-6-4-3-5-7-8/h3-7,9-10,13,18H,16H2,1-2H3,(H,19,20)/t9-,10-,13+,15+/m0/s1. The van der Waals surface area contributed by atoms with Gasteiger partial charge in [-0.2, -0.15) is 0 Å². The maximum absolute atomic E-state index is 12.5. The molecule has 1 aromatic carbocycles. The molecule has 0 saturated carbocycles. The number of aliphatic hydroxyl groups excluding tert-OH is 1. The van der Waals surface area contributed by atoms with E-state index < -0.39 is 39.7 Å². The Morgan fingerprint density at radius 2 is 1.95 bits per heavy atom. The minimum absolute atomic E-state index is 0.515. The Morgan fingerprint density at radius 3 is 2.50 bits per heavy atom. The van der Waals surface area contributed by atoms with Crippen LogP contribution in [0.2, 0.25) is 0 Å². The maximum Gasteiger partial charge on any atom is 0.327 e. The molecule has 0 bridgehead atoms. The number of nitrogens with zero attached hydrogens (tertiary/aromatic N) is 1. The number of thioether (sulfide) groups is 1. The Morgan fingerprint density at radius 1 is 1.36 bits per heavy atom. The van der Waals surface area contributed by atoms with E-state index in [0.717, 1.165) is 0 Å². The number of hydrogen-bond acceptors (Lipinski definition) is 5. The molecule has 4 atom stereocenters. The first-order valence-electron chi connectivity index (χ1n) is 6.96. The van der Waals surface area contributed by atoms with Crippen LogP contribution in [0, 0.1) is 0 Å². The molecular weight excluding hydrogens is 304 g/mol. The summed E-state index contributed by atoms with van der Waals surface area (Å²) in [7, 11) is 0. The van der Waals surface area contributed by atoms with E-state index in [0.29, 0.717) is 5.56 Å². The topological polar surface area (TPSA) is 104 Å². The average molecular weight is 322 g/mol. The number of amides is 1. The van der Waals surface area contributed by atoms with Crippen LogP contribution >= 0.6 is 11.8 Å². The third-order valence-corrected chi connectivity index (χ3v) is 6.09. The molecule has 22 heavy (non-hydrogen) atoms. The Labute approximate surface area is 132 Å². The van der Waals surface area contributed by atoms with Gasteiger partial charge in [-0.1, -0.05) is 30.3 Å². The summed E-state index contributed by atoms with van der Waals surface area (Å²) in [6.45, 7) is 3.55. The second kappa shape index (κ2) is 4.71. The number of aliphatic hydroxyl groups is 1. The Bertz CT molecular complexity index is 636. The number of carbonyl (C=O) groups is 2. The van der Waals surface area contributed by atoms with Crippen molar-refractivity contribution in [1.29, 1.82) is 0 Å². The molecule has 3 rings (SSSR count). The summed E-state index contributed by atoms with van der Waals surface area (Å²) >= 11 is 1.33. The summed E-state index contributed by atoms with van der Waals surface area (Å²) in [6, 6.07) is 7.80. The summed E-state index contributed by atoms with van der Waals surface area (Å²) in [5.41, 5.74) is 5.29. The maximum atomic E-state index is 12.5. The summed E-state index contributed by atoms with van der Waals surface area (Å²) < 4.78 is -0.663. The predicted octanol–water partition coefficient (Wildman–Crippen LogP) is 0.564. The zero-order valence-electron chi connectivity index (χ0n) is 12.3. The van der Waals surface area contributed by atoms with Crippen molar-refractivity contribution in [3.05, 3.63) is 35.9 Å². The lowest BCUT2D eigenvalue weighted by Crippen LogP contribution is -2.79. The van der Waals surface area contributed by atoms with Crippen LogP contribution in [0.25, 0.3) is 0 Å². The lowest BCUT2D eigenvalue weighted by molar-refractivity contribution is -0.172. The third kappa shape index (κ3) is 1.82. The van der Waals surface area contributed by atoms with Gasteiger partial charge in [-0.15, -0.1) is 11.8 Å². The molecule has 2 aliphatic rings. The number of carboxylic acid groups (broad SMARTS) is 1. The van der Waals surface area contributed by atoms with Gasteiger partial charge in [0.1, 0.15) is 17.5 Å². The molecular formula is C15H18N2O4S. The van der Waals surface area contributed by atoms with Gasteiger partial charge in [0, 0.05) is 4.75 Å². The highest BCUT2D eigenvalue weighted by Crippen LogP contribution is 2.56. The molecule has 4 N–H and O–H groups in total. The Balaban J connectivity index is 1.96. The quantitative estimate of drug-likeness (QED) is 0.703. The molecule has 0 radical (unpaired) electrons. The molecule has 2 saturated heterocycles. The lowest BCUT2D eigenvalue weighted by atomic mass is 9.78. The van der Waals surface area contributed by atoms with E-state index in [2.05, 4.69) is 0 Å². The Hall–Kier alpha value is -1.57. The van der Waals surface area contributed by atoms with Crippen LogP contribution in [0.3, 0.4) is 0 Å². The number of aliphatic carboxylic acids is 1. The highest BCUT2D eigenvalue weighted by atomic mass is 32.2. The highest BCUT2D eigenvalue weighted by molar-refractivity contribution is 8.01. The lowest BCUT2D eigenvalue weighted by Gasteiger charge is -2.52. The predicted molar refractivity (Wildman–Crippen MR) is 82.0 cm³/mol. The van der Waals surface area contributed by atoms with Crippen LogP contribution in [0.5, 0.6) is 0 Å². The molecule has 0 aliphatic carbocycles. The number of hydrogen-bond donors (Lipinski definition) is 3. The van der Waals surface area contributed by atoms with Crippen LogP contribution in [-0.4, -0.2) is 48.7 Å². The fourth-order valence-corrected chi connectivity index (χ4v) is 4.95. The molecule has 0 spiro atoms.